The van der Waals surface area contributed by atoms with Crippen molar-refractivity contribution in [3.8, 4) is 5.75 Å². The number of nitrogens with zero attached hydrogens (tertiary/aromatic N) is 2. The minimum atomic E-state index is -0.240. The van der Waals surface area contributed by atoms with Gasteiger partial charge in [0.15, 0.2) is 5.96 Å². The number of aliphatic imine (C=N–C) groups is 1. The van der Waals surface area contributed by atoms with Gasteiger partial charge in [0.1, 0.15) is 11.6 Å². The van der Waals surface area contributed by atoms with E-state index in [4.69, 9.17) is 4.74 Å². The lowest BCUT2D eigenvalue weighted by atomic mass is 10.1. The number of hydrogen-bond donors (Lipinski definition) is 2. The topological polar surface area (TPSA) is 58.5 Å². The van der Waals surface area contributed by atoms with Crippen molar-refractivity contribution in [2.45, 2.75) is 26.9 Å². The fraction of sp³-hybridized carbons (Fsp3) is 0.333. The van der Waals surface area contributed by atoms with Crippen LogP contribution >= 0.6 is 24.0 Å². The van der Waals surface area contributed by atoms with E-state index in [1.807, 2.05) is 13.8 Å². The van der Waals surface area contributed by atoms with Crippen molar-refractivity contribution in [1.29, 1.82) is 0 Å². The van der Waals surface area contributed by atoms with E-state index in [1.54, 1.807) is 32.5 Å². The van der Waals surface area contributed by atoms with Crippen LogP contribution in [-0.2, 0) is 13.1 Å². The highest BCUT2D eigenvalue weighted by molar-refractivity contribution is 14.0. The van der Waals surface area contributed by atoms with Crippen molar-refractivity contribution in [2.24, 2.45) is 4.99 Å². The summed E-state index contributed by atoms with van der Waals surface area (Å²) in [5.41, 5.74) is 3.91. The SMILES string of the molecule is CN=C(NCc1ccc(F)cc1)NCc1ncc(C)c(OC)c1C.I. The van der Waals surface area contributed by atoms with Gasteiger partial charge in [-0.15, -0.1) is 24.0 Å². The first-order chi connectivity index (χ1) is 11.5. The highest BCUT2D eigenvalue weighted by Gasteiger charge is 2.09. The van der Waals surface area contributed by atoms with E-state index in [1.165, 1.54) is 12.1 Å². The normalized spacial score (nSPS) is 10.8. The quantitative estimate of drug-likeness (QED) is 0.410. The highest BCUT2D eigenvalue weighted by Crippen LogP contribution is 2.23. The summed E-state index contributed by atoms with van der Waals surface area (Å²) in [5.74, 6) is 1.27. The van der Waals surface area contributed by atoms with Crippen molar-refractivity contribution >= 4 is 29.9 Å². The van der Waals surface area contributed by atoms with Crippen LogP contribution in [0.2, 0.25) is 0 Å². The number of guanidine groups is 1. The van der Waals surface area contributed by atoms with Crippen molar-refractivity contribution in [3.05, 3.63) is 58.7 Å². The average Bonchev–Trinajstić information content (AvgIpc) is 2.58. The third-order valence-corrected chi connectivity index (χ3v) is 3.77. The van der Waals surface area contributed by atoms with Gasteiger partial charge in [0, 0.05) is 30.9 Å². The Hall–Kier alpha value is -1.90. The first-order valence-corrected chi connectivity index (χ1v) is 7.73. The van der Waals surface area contributed by atoms with Crippen LogP contribution in [0.5, 0.6) is 5.75 Å². The zero-order valence-corrected chi connectivity index (χ0v) is 17.2. The summed E-state index contributed by atoms with van der Waals surface area (Å²) in [5, 5.41) is 6.42. The maximum absolute atomic E-state index is 12.9. The van der Waals surface area contributed by atoms with E-state index in [-0.39, 0.29) is 29.8 Å². The molecule has 0 atom stereocenters. The number of methoxy groups -OCH3 is 1. The summed E-state index contributed by atoms with van der Waals surface area (Å²) in [6, 6.07) is 6.37. The molecule has 0 saturated heterocycles. The minimum Gasteiger partial charge on any atom is -0.496 e. The molecule has 0 bridgehead atoms. The number of hydrogen-bond acceptors (Lipinski definition) is 3. The number of pyridine rings is 1. The van der Waals surface area contributed by atoms with Gasteiger partial charge in [-0.25, -0.2) is 4.39 Å². The molecule has 0 aliphatic carbocycles. The number of aromatic nitrogens is 1. The Kier molecular flexibility index (Phi) is 8.60. The Morgan fingerprint density at radius 2 is 1.80 bits per heavy atom. The Morgan fingerprint density at radius 3 is 2.40 bits per heavy atom. The van der Waals surface area contributed by atoms with Crippen LogP contribution in [0.4, 0.5) is 4.39 Å². The number of benzene rings is 1. The van der Waals surface area contributed by atoms with Gasteiger partial charge in [-0.3, -0.25) is 9.98 Å². The third kappa shape index (κ3) is 5.84. The zero-order chi connectivity index (χ0) is 17.5. The highest BCUT2D eigenvalue weighted by atomic mass is 127. The molecule has 2 rings (SSSR count). The number of aryl methyl sites for hydroxylation is 1. The van der Waals surface area contributed by atoms with Crippen LogP contribution < -0.4 is 15.4 Å². The van der Waals surface area contributed by atoms with E-state index in [0.717, 1.165) is 28.1 Å². The first kappa shape index (κ1) is 21.1. The molecule has 0 aliphatic heterocycles. The molecule has 0 unspecified atom stereocenters. The summed E-state index contributed by atoms with van der Waals surface area (Å²) < 4.78 is 18.3. The molecule has 2 N–H and O–H groups in total. The smallest absolute Gasteiger partial charge is 0.191 e. The van der Waals surface area contributed by atoms with Gasteiger partial charge in [-0.05, 0) is 31.5 Å². The van der Waals surface area contributed by atoms with Crippen LogP contribution in [0.25, 0.3) is 0 Å². The molecule has 0 aliphatic rings. The van der Waals surface area contributed by atoms with Crippen LogP contribution in [0.15, 0.2) is 35.5 Å². The van der Waals surface area contributed by atoms with Crippen molar-refractivity contribution < 1.29 is 9.13 Å². The molecule has 5 nitrogen and oxygen atoms in total. The molecule has 0 radical (unpaired) electrons. The predicted octanol–water partition coefficient (Wildman–Crippen LogP) is 3.33. The molecule has 1 aromatic heterocycles. The molecular weight excluding hydrogens is 434 g/mol. The van der Waals surface area contributed by atoms with E-state index in [9.17, 15) is 4.39 Å². The second-order valence-corrected chi connectivity index (χ2v) is 5.45. The van der Waals surface area contributed by atoms with Gasteiger partial charge in [-0.2, -0.15) is 0 Å². The molecule has 1 aromatic carbocycles. The largest absolute Gasteiger partial charge is 0.496 e. The van der Waals surface area contributed by atoms with Crippen LogP contribution in [-0.4, -0.2) is 25.1 Å². The maximum Gasteiger partial charge on any atom is 0.191 e. The summed E-state index contributed by atoms with van der Waals surface area (Å²) in [6.45, 7) is 5.05. The van der Waals surface area contributed by atoms with Crippen molar-refractivity contribution in [3.63, 3.8) is 0 Å². The number of halogens is 2. The van der Waals surface area contributed by atoms with Gasteiger partial charge in [0.25, 0.3) is 0 Å². The molecule has 0 fully saturated rings. The summed E-state index contributed by atoms with van der Waals surface area (Å²) >= 11 is 0. The van der Waals surface area contributed by atoms with Crippen molar-refractivity contribution in [2.75, 3.05) is 14.2 Å². The number of ether oxygens (including phenoxy) is 1. The van der Waals surface area contributed by atoms with Gasteiger partial charge in [0.05, 0.1) is 19.3 Å². The standard InChI is InChI=1S/C18H23FN4O.HI/c1-12-9-21-16(13(2)17(12)24-4)11-23-18(20-3)22-10-14-5-7-15(19)8-6-14;/h5-9H,10-11H2,1-4H3,(H2,20,22,23);1H. The first-order valence-electron chi connectivity index (χ1n) is 7.73. The Bertz CT molecular complexity index is 720. The molecule has 0 saturated carbocycles. The summed E-state index contributed by atoms with van der Waals surface area (Å²) in [7, 11) is 3.37. The lowest BCUT2D eigenvalue weighted by molar-refractivity contribution is 0.406. The second kappa shape index (κ2) is 10.2. The number of rotatable bonds is 5. The molecular formula is C18H24FIN4O. The van der Waals surface area contributed by atoms with Gasteiger partial charge < -0.3 is 15.4 Å². The average molecular weight is 458 g/mol. The van der Waals surface area contributed by atoms with Crippen LogP contribution in [0, 0.1) is 19.7 Å². The van der Waals surface area contributed by atoms with E-state index in [2.05, 4.69) is 20.6 Å². The maximum atomic E-state index is 12.9. The molecule has 7 heteroatoms. The Balaban J connectivity index is 0.00000312. The zero-order valence-electron chi connectivity index (χ0n) is 14.9. The minimum absolute atomic E-state index is 0. The fourth-order valence-corrected chi connectivity index (χ4v) is 2.43. The van der Waals surface area contributed by atoms with Crippen molar-refractivity contribution in [1.82, 2.24) is 15.6 Å². The van der Waals surface area contributed by atoms with E-state index < -0.39 is 0 Å². The molecule has 1 heterocycles. The lowest BCUT2D eigenvalue weighted by Gasteiger charge is -2.15. The third-order valence-electron chi connectivity index (χ3n) is 3.77. The Morgan fingerprint density at radius 1 is 1.16 bits per heavy atom. The number of nitrogens with one attached hydrogen (secondary N) is 2. The van der Waals surface area contributed by atoms with Gasteiger partial charge in [-0.1, -0.05) is 12.1 Å². The predicted molar refractivity (Wildman–Crippen MR) is 109 cm³/mol. The summed E-state index contributed by atoms with van der Waals surface area (Å²) in [4.78, 5) is 8.64. The van der Waals surface area contributed by atoms with E-state index >= 15 is 0 Å². The second-order valence-electron chi connectivity index (χ2n) is 5.45. The van der Waals surface area contributed by atoms with Crippen LogP contribution in [0.3, 0.4) is 0 Å². The van der Waals surface area contributed by atoms with Gasteiger partial charge >= 0.3 is 0 Å². The lowest BCUT2D eigenvalue weighted by Crippen LogP contribution is -2.36. The van der Waals surface area contributed by atoms with E-state index in [0.29, 0.717) is 19.0 Å². The fourth-order valence-electron chi connectivity index (χ4n) is 2.43. The molecule has 0 spiro atoms. The van der Waals surface area contributed by atoms with Crippen LogP contribution in [0.1, 0.15) is 22.4 Å². The molecule has 2 aromatic rings. The monoisotopic (exact) mass is 458 g/mol. The molecule has 0 amide bonds. The summed E-state index contributed by atoms with van der Waals surface area (Å²) in [6.07, 6.45) is 1.80. The van der Waals surface area contributed by atoms with Gasteiger partial charge in [0.2, 0.25) is 0 Å². The molecule has 25 heavy (non-hydrogen) atoms. The molecule has 136 valence electrons. The Labute approximate surface area is 165 Å².